The summed E-state index contributed by atoms with van der Waals surface area (Å²) in [5, 5.41) is 0. The van der Waals surface area contributed by atoms with Crippen molar-refractivity contribution >= 4 is 21.4 Å². The fraction of sp³-hybridized carbons (Fsp3) is 0.417. The first-order chi connectivity index (χ1) is 8.46. The number of amides is 1. The lowest BCUT2D eigenvalue weighted by atomic mass is 10.1. The Bertz CT molecular complexity index is 523. The Balaban J connectivity index is 1.95. The van der Waals surface area contributed by atoms with Crippen molar-refractivity contribution in [2.75, 3.05) is 30.3 Å². The van der Waals surface area contributed by atoms with Crippen LogP contribution in [0.3, 0.4) is 0 Å². The Morgan fingerprint density at radius 1 is 1.17 bits per heavy atom. The number of hydrogen-bond acceptors (Lipinski definition) is 4. The van der Waals surface area contributed by atoms with Gasteiger partial charge in [0.15, 0.2) is 9.84 Å². The Hall–Kier alpha value is -1.56. The lowest BCUT2D eigenvalue weighted by Crippen LogP contribution is -2.44. The molecule has 1 aromatic carbocycles. The highest BCUT2D eigenvalue weighted by molar-refractivity contribution is 7.91. The van der Waals surface area contributed by atoms with Crippen molar-refractivity contribution in [3.8, 4) is 0 Å². The minimum Gasteiger partial charge on any atom is -0.399 e. The van der Waals surface area contributed by atoms with Crippen molar-refractivity contribution in [1.82, 2.24) is 4.90 Å². The topological polar surface area (TPSA) is 80.5 Å². The molecule has 1 aromatic rings. The predicted octanol–water partition coefficient (Wildman–Crippen LogP) is 0.0683. The van der Waals surface area contributed by atoms with Crippen LogP contribution < -0.4 is 5.73 Å². The number of carbonyl (C=O) groups is 1. The van der Waals surface area contributed by atoms with Crippen LogP contribution >= 0.6 is 0 Å². The van der Waals surface area contributed by atoms with E-state index >= 15 is 0 Å². The Morgan fingerprint density at radius 3 is 2.28 bits per heavy atom. The quantitative estimate of drug-likeness (QED) is 0.770. The molecule has 1 amide bonds. The highest BCUT2D eigenvalue weighted by Gasteiger charge is 2.24. The standard InChI is InChI=1S/C12H16N2O3S/c13-11-3-1-10(2-4-11)9-12(15)14-5-7-18(16,17)8-6-14/h1-4H,5-9,13H2. The fourth-order valence-corrected chi connectivity index (χ4v) is 3.08. The molecule has 0 bridgehead atoms. The molecule has 2 N–H and O–H groups in total. The number of nitrogen functional groups attached to an aromatic ring is 1. The number of nitrogens with two attached hydrogens (primary N) is 1. The lowest BCUT2D eigenvalue weighted by Gasteiger charge is -2.26. The summed E-state index contributed by atoms with van der Waals surface area (Å²) in [6.45, 7) is 0.603. The van der Waals surface area contributed by atoms with Crippen molar-refractivity contribution in [3.05, 3.63) is 29.8 Å². The molecule has 0 atom stereocenters. The van der Waals surface area contributed by atoms with Crippen molar-refractivity contribution in [2.24, 2.45) is 0 Å². The van der Waals surface area contributed by atoms with Crippen LogP contribution in [-0.4, -0.2) is 43.8 Å². The second kappa shape index (κ2) is 4.97. The molecule has 1 saturated heterocycles. The third-order valence-electron chi connectivity index (χ3n) is 3.03. The molecule has 1 fully saturated rings. The van der Waals surface area contributed by atoms with Gasteiger partial charge in [0.2, 0.25) is 5.91 Å². The van der Waals surface area contributed by atoms with Crippen LogP contribution in [0, 0.1) is 0 Å². The Labute approximate surface area is 107 Å². The maximum atomic E-state index is 12.0. The van der Waals surface area contributed by atoms with Crippen LogP contribution in [0.25, 0.3) is 0 Å². The first kappa shape index (κ1) is 12.9. The third-order valence-corrected chi connectivity index (χ3v) is 4.64. The monoisotopic (exact) mass is 268 g/mol. The van der Waals surface area contributed by atoms with E-state index in [1.807, 2.05) is 12.1 Å². The van der Waals surface area contributed by atoms with E-state index in [4.69, 9.17) is 5.73 Å². The molecule has 0 unspecified atom stereocenters. The van der Waals surface area contributed by atoms with Gasteiger partial charge in [-0.15, -0.1) is 0 Å². The molecule has 1 heterocycles. The fourth-order valence-electron chi connectivity index (χ4n) is 1.88. The minimum atomic E-state index is -2.94. The molecule has 2 rings (SSSR count). The summed E-state index contributed by atoms with van der Waals surface area (Å²) >= 11 is 0. The normalized spacial score (nSPS) is 18.6. The molecule has 98 valence electrons. The summed E-state index contributed by atoms with van der Waals surface area (Å²) in [7, 11) is -2.94. The number of benzene rings is 1. The van der Waals surface area contributed by atoms with Gasteiger partial charge in [-0.2, -0.15) is 0 Å². The molecule has 0 spiro atoms. The number of rotatable bonds is 2. The Morgan fingerprint density at radius 2 is 1.72 bits per heavy atom. The van der Waals surface area contributed by atoms with E-state index in [2.05, 4.69) is 0 Å². The third kappa shape index (κ3) is 3.22. The van der Waals surface area contributed by atoms with Gasteiger partial charge in [-0.3, -0.25) is 4.79 Å². The van der Waals surface area contributed by atoms with Crippen LogP contribution in [0.4, 0.5) is 5.69 Å². The van der Waals surface area contributed by atoms with Gasteiger partial charge in [-0.25, -0.2) is 8.42 Å². The van der Waals surface area contributed by atoms with E-state index in [1.165, 1.54) is 0 Å². The van der Waals surface area contributed by atoms with Crippen LogP contribution in [-0.2, 0) is 21.1 Å². The van der Waals surface area contributed by atoms with E-state index in [0.29, 0.717) is 25.2 Å². The highest BCUT2D eigenvalue weighted by atomic mass is 32.2. The second-order valence-corrected chi connectivity index (χ2v) is 6.75. The van der Waals surface area contributed by atoms with Crippen LogP contribution in [0.5, 0.6) is 0 Å². The van der Waals surface area contributed by atoms with Gasteiger partial charge >= 0.3 is 0 Å². The van der Waals surface area contributed by atoms with Gasteiger partial charge in [0.25, 0.3) is 0 Å². The van der Waals surface area contributed by atoms with Crippen LogP contribution in [0.15, 0.2) is 24.3 Å². The number of carbonyl (C=O) groups excluding carboxylic acids is 1. The molecule has 1 aliphatic heterocycles. The molecule has 0 aliphatic carbocycles. The van der Waals surface area contributed by atoms with Gasteiger partial charge in [-0.05, 0) is 17.7 Å². The predicted molar refractivity (Wildman–Crippen MR) is 69.8 cm³/mol. The number of anilines is 1. The van der Waals surface area contributed by atoms with Gasteiger partial charge in [0.05, 0.1) is 17.9 Å². The molecule has 0 radical (unpaired) electrons. The highest BCUT2D eigenvalue weighted by Crippen LogP contribution is 2.10. The summed E-state index contributed by atoms with van der Waals surface area (Å²) in [5.41, 5.74) is 7.12. The molecular formula is C12H16N2O3S. The van der Waals surface area contributed by atoms with E-state index in [0.717, 1.165) is 5.56 Å². The number of sulfone groups is 1. The van der Waals surface area contributed by atoms with Gasteiger partial charge in [-0.1, -0.05) is 12.1 Å². The van der Waals surface area contributed by atoms with Gasteiger partial charge in [0, 0.05) is 18.8 Å². The molecular weight excluding hydrogens is 252 g/mol. The summed E-state index contributed by atoms with van der Waals surface area (Å²) in [5.74, 6) is 0.107. The summed E-state index contributed by atoms with van der Waals surface area (Å²) < 4.78 is 22.5. The molecule has 5 nitrogen and oxygen atoms in total. The number of nitrogens with zero attached hydrogens (tertiary/aromatic N) is 1. The molecule has 0 saturated carbocycles. The van der Waals surface area contributed by atoms with Crippen molar-refractivity contribution in [1.29, 1.82) is 0 Å². The molecule has 18 heavy (non-hydrogen) atoms. The zero-order chi connectivity index (χ0) is 13.2. The molecule has 6 heteroatoms. The van der Waals surface area contributed by atoms with Crippen molar-refractivity contribution < 1.29 is 13.2 Å². The average molecular weight is 268 g/mol. The van der Waals surface area contributed by atoms with E-state index in [-0.39, 0.29) is 17.4 Å². The first-order valence-electron chi connectivity index (χ1n) is 5.79. The maximum absolute atomic E-state index is 12.0. The first-order valence-corrected chi connectivity index (χ1v) is 7.61. The maximum Gasteiger partial charge on any atom is 0.227 e. The van der Waals surface area contributed by atoms with Gasteiger partial charge in [0.1, 0.15) is 0 Å². The zero-order valence-electron chi connectivity index (χ0n) is 10.0. The van der Waals surface area contributed by atoms with Crippen molar-refractivity contribution in [2.45, 2.75) is 6.42 Å². The Kier molecular flexibility index (Phi) is 3.56. The van der Waals surface area contributed by atoms with Gasteiger partial charge < -0.3 is 10.6 Å². The number of hydrogen-bond donors (Lipinski definition) is 1. The van der Waals surface area contributed by atoms with Crippen LogP contribution in [0.2, 0.25) is 0 Å². The largest absolute Gasteiger partial charge is 0.399 e. The smallest absolute Gasteiger partial charge is 0.227 e. The molecule has 1 aliphatic rings. The van der Waals surface area contributed by atoms with Crippen LogP contribution in [0.1, 0.15) is 5.56 Å². The summed E-state index contributed by atoms with van der Waals surface area (Å²) in [4.78, 5) is 13.6. The van der Waals surface area contributed by atoms with Crippen molar-refractivity contribution in [3.63, 3.8) is 0 Å². The minimum absolute atomic E-state index is 0.0327. The lowest BCUT2D eigenvalue weighted by molar-refractivity contribution is -0.130. The van der Waals surface area contributed by atoms with E-state index in [1.54, 1.807) is 17.0 Å². The zero-order valence-corrected chi connectivity index (χ0v) is 10.8. The summed E-state index contributed by atoms with van der Waals surface area (Å²) in [6, 6.07) is 7.13. The second-order valence-electron chi connectivity index (χ2n) is 4.45. The summed E-state index contributed by atoms with van der Waals surface area (Å²) in [6.07, 6.45) is 0.292. The SMILES string of the molecule is Nc1ccc(CC(=O)N2CCS(=O)(=O)CC2)cc1. The average Bonchev–Trinajstić information content (AvgIpc) is 2.32. The molecule has 0 aromatic heterocycles. The van der Waals surface area contributed by atoms with E-state index in [9.17, 15) is 13.2 Å². The van der Waals surface area contributed by atoms with E-state index < -0.39 is 9.84 Å².